The number of fused-ring (bicyclic) bond motifs is 2. The van der Waals surface area contributed by atoms with Crippen molar-refractivity contribution in [2.24, 2.45) is 35.5 Å². The number of hydrogen-bond acceptors (Lipinski definition) is 6. The fourth-order valence-electron chi connectivity index (χ4n) is 6.68. The molecule has 4 saturated carbocycles. The van der Waals surface area contributed by atoms with Crippen LogP contribution >= 0.6 is 0 Å². The summed E-state index contributed by atoms with van der Waals surface area (Å²) >= 11 is 0. The summed E-state index contributed by atoms with van der Waals surface area (Å²) in [6, 6.07) is 0. The first-order chi connectivity index (χ1) is 14.6. The molecule has 4 unspecified atom stereocenters. The number of esters is 2. The minimum Gasteiger partial charge on any atom is -0.463 e. The molecule has 4 aliphatic carbocycles. The molecule has 0 aromatic rings. The monoisotopic (exact) mass is 422 g/mol. The van der Waals surface area contributed by atoms with Crippen LogP contribution in [0.1, 0.15) is 77.0 Å². The summed E-state index contributed by atoms with van der Waals surface area (Å²) in [6.45, 7) is -0.441. The average molecular weight is 423 g/mol. The molecule has 4 aliphatic rings. The van der Waals surface area contributed by atoms with Gasteiger partial charge in [0, 0.05) is 0 Å². The van der Waals surface area contributed by atoms with E-state index in [1.807, 2.05) is 0 Å². The molecule has 4 fully saturated rings. The van der Waals surface area contributed by atoms with Crippen molar-refractivity contribution in [3.8, 4) is 0 Å². The van der Waals surface area contributed by atoms with E-state index in [-0.39, 0.29) is 37.0 Å². The van der Waals surface area contributed by atoms with Crippen LogP contribution < -0.4 is 0 Å². The number of aliphatic hydroxyl groups is 1. The molecular weight excluding hydrogens is 384 g/mol. The quantitative estimate of drug-likeness (QED) is 0.473. The van der Waals surface area contributed by atoms with Gasteiger partial charge in [-0.25, -0.2) is 0 Å². The van der Waals surface area contributed by atoms with Gasteiger partial charge >= 0.3 is 11.9 Å². The molecule has 6 heteroatoms. The van der Waals surface area contributed by atoms with Crippen molar-refractivity contribution in [2.75, 3.05) is 20.0 Å². The highest BCUT2D eigenvalue weighted by molar-refractivity contribution is 5.73. The lowest BCUT2D eigenvalue weighted by molar-refractivity contribution is -0.165. The Morgan fingerprint density at radius 1 is 0.700 bits per heavy atom. The topological polar surface area (TPSA) is 82.1 Å². The zero-order valence-corrected chi connectivity index (χ0v) is 18.1. The van der Waals surface area contributed by atoms with Crippen LogP contribution in [0.4, 0.5) is 0 Å². The van der Waals surface area contributed by atoms with Crippen LogP contribution in [0.3, 0.4) is 0 Å². The summed E-state index contributed by atoms with van der Waals surface area (Å²) in [6.07, 6.45) is 13.2. The summed E-state index contributed by atoms with van der Waals surface area (Å²) in [5, 5.41) is 9.17. The van der Waals surface area contributed by atoms with E-state index in [0.29, 0.717) is 23.7 Å². The molecule has 4 atom stereocenters. The van der Waals surface area contributed by atoms with Gasteiger partial charge in [-0.2, -0.15) is 0 Å². The van der Waals surface area contributed by atoms with E-state index in [1.165, 1.54) is 51.4 Å². The molecule has 4 rings (SSSR count). The highest BCUT2D eigenvalue weighted by Crippen LogP contribution is 2.46. The van der Waals surface area contributed by atoms with Gasteiger partial charge in [-0.3, -0.25) is 9.59 Å². The first-order valence-corrected chi connectivity index (χ1v) is 12.2. The van der Waals surface area contributed by atoms with E-state index >= 15 is 0 Å². The minimum atomic E-state index is -0.615. The Balaban J connectivity index is 1.19. The molecule has 0 spiro atoms. The van der Waals surface area contributed by atoms with Crippen LogP contribution in [0.2, 0.25) is 0 Å². The Bertz CT molecular complexity index is 516. The summed E-state index contributed by atoms with van der Waals surface area (Å²) in [7, 11) is 0. The largest absolute Gasteiger partial charge is 0.463 e. The Kier molecular flexibility index (Phi) is 7.69. The number of aliphatic hydroxyl groups excluding tert-OH is 1. The normalized spacial score (nSPS) is 36.6. The molecule has 0 bridgehead atoms. The van der Waals surface area contributed by atoms with Gasteiger partial charge < -0.3 is 19.3 Å². The maximum absolute atomic E-state index is 12.5. The fourth-order valence-corrected chi connectivity index (χ4v) is 6.68. The highest BCUT2D eigenvalue weighted by atomic mass is 16.6. The molecule has 170 valence electrons. The molecular formula is C24H38O6. The van der Waals surface area contributed by atoms with Crippen molar-refractivity contribution in [3.05, 3.63) is 0 Å². The predicted molar refractivity (Wildman–Crippen MR) is 110 cm³/mol. The van der Waals surface area contributed by atoms with Crippen LogP contribution in [0, 0.1) is 35.5 Å². The van der Waals surface area contributed by atoms with Crippen molar-refractivity contribution in [2.45, 2.75) is 83.2 Å². The second-order valence-corrected chi connectivity index (χ2v) is 10.1. The first kappa shape index (κ1) is 22.1. The summed E-state index contributed by atoms with van der Waals surface area (Å²) < 4.78 is 16.3. The van der Waals surface area contributed by atoms with Gasteiger partial charge in [-0.05, 0) is 49.4 Å². The van der Waals surface area contributed by atoms with Crippen LogP contribution in [-0.4, -0.2) is 43.2 Å². The molecule has 1 N–H and O–H groups in total. The smallest absolute Gasteiger partial charge is 0.309 e. The number of carbonyl (C=O) groups excluding carboxylic acids is 2. The lowest BCUT2D eigenvalue weighted by atomic mass is 9.82. The standard InChI is InChI=1S/C24H38O6/c25-15-30-22(13-28-23(26)20-9-16-5-1-2-6-17(16)10-20)14-29-24(27)21-11-18-7-3-4-8-19(18)12-21/h16-22,25H,1-15H2. The Morgan fingerprint density at radius 2 is 1.07 bits per heavy atom. The van der Waals surface area contributed by atoms with Gasteiger partial charge in [0.05, 0.1) is 11.8 Å². The van der Waals surface area contributed by atoms with E-state index in [9.17, 15) is 9.59 Å². The van der Waals surface area contributed by atoms with E-state index in [1.54, 1.807) is 0 Å². The van der Waals surface area contributed by atoms with Gasteiger partial charge in [-0.1, -0.05) is 51.4 Å². The number of rotatable bonds is 8. The number of carbonyl (C=O) groups is 2. The van der Waals surface area contributed by atoms with Gasteiger partial charge in [-0.15, -0.1) is 0 Å². The van der Waals surface area contributed by atoms with Crippen molar-refractivity contribution < 1.29 is 28.9 Å². The number of hydrogen-bond donors (Lipinski definition) is 1. The molecule has 0 aliphatic heterocycles. The third-order valence-corrected chi connectivity index (χ3v) is 8.28. The number of ether oxygens (including phenoxy) is 3. The Morgan fingerprint density at radius 3 is 1.40 bits per heavy atom. The van der Waals surface area contributed by atoms with Crippen molar-refractivity contribution in [1.29, 1.82) is 0 Å². The molecule has 0 aromatic carbocycles. The molecule has 0 amide bonds. The Labute approximate surface area is 180 Å². The molecule has 0 saturated heterocycles. The highest BCUT2D eigenvalue weighted by Gasteiger charge is 2.41. The van der Waals surface area contributed by atoms with Crippen LogP contribution in [0.15, 0.2) is 0 Å². The van der Waals surface area contributed by atoms with Gasteiger partial charge in [0.2, 0.25) is 0 Å². The predicted octanol–water partition coefficient (Wildman–Crippen LogP) is 3.84. The lowest BCUT2D eigenvalue weighted by Gasteiger charge is -2.24. The average Bonchev–Trinajstić information content (AvgIpc) is 3.39. The van der Waals surface area contributed by atoms with Crippen molar-refractivity contribution in [3.63, 3.8) is 0 Å². The summed E-state index contributed by atoms with van der Waals surface area (Å²) in [4.78, 5) is 25.1. The molecule has 30 heavy (non-hydrogen) atoms. The first-order valence-electron chi connectivity index (χ1n) is 12.2. The maximum Gasteiger partial charge on any atom is 0.309 e. The summed E-state index contributed by atoms with van der Waals surface area (Å²) in [5.74, 6) is 2.35. The molecule has 6 nitrogen and oxygen atoms in total. The zero-order valence-electron chi connectivity index (χ0n) is 18.1. The van der Waals surface area contributed by atoms with Crippen LogP contribution in [0.25, 0.3) is 0 Å². The van der Waals surface area contributed by atoms with E-state index in [4.69, 9.17) is 19.3 Å². The van der Waals surface area contributed by atoms with Crippen molar-refractivity contribution >= 4 is 11.9 Å². The maximum atomic E-state index is 12.5. The van der Waals surface area contributed by atoms with Gasteiger partial charge in [0.25, 0.3) is 0 Å². The Hall–Kier alpha value is -1.14. The second kappa shape index (κ2) is 10.4. The fraction of sp³-hybridized carbons (Fsp3) is 0.917. The van der Waals surface area contributed by atoms with E-state index in [0.717, 1.165) is 25.7 Å². The van der Waals surface area contributed by atoms with Gasteiger partial charge in [0.15, 0.2) is 0 Å². The zero-order chi connectivity index (χ0) is 20.9. The molecule has 0 radical (unpaired) electrons. The lowest BCUT2D eigenvalue weighted by Crippen LogP contribution is -2.31. The van der Waals surface area contributed by atoms with Crippen LogP contribution in [-0.2, 0) is 23.8 Å². The SMILES string of the molecule is O=C(OCC(COC(=O)C1CC2CCCCC2C1)OCO)C1CC2CCCCC2C1. The second-order valence-electron chi connectivity index (χ2n) is 10.1. The van der Waals surface area contributed by atoms with Gasteiger partial charge in [0.1, 0.15) is 26.1 Å². The van der Waals surface area contributed by atoms with Crippen molar-refractivity contribution in [1.82, 2.24) is 0 Å². The molecule has 0 heterocycles. The minimum absolute atomic E-state index is 0.0164. The third-order valence-electron chi connectivity index (χ3n) is 8.28. The van der Waals surface area contributed by atoms with E-state index < -0.39 is 12.9 Å². The summed E-state index contributed by atoms with van der Waals surface area (Å²) in [5.41, 5.74) is 0. The third kappa shape index (κ3) is 5.37. The van der Waals surface area contributed by atoms with E-state index in [2.05, 4.69) is 0 Å². The van der Waals surface area contributed by atoms with Crippen LogP contribution in [0.5, 0.6) is 0 Å². The molecule has 0 aromatic heterocycles.